The van der Waals surface area contributed by atoms with Gasteiger partial charge in [0.1, 0.15) is 0 Å². The number of rotatable bonds is 4. The minimum absolute atomic E-state index is 0.278. The first-order valence-corrected chi connectivity index (χ1v) is 8.22. The fourth-order valence-electron chi connectivity index (χ4n) is 2.20. The Balaban J connectivity index is 2.41. The second-order valence-corrected chi connectivity index (χ2v) is 6.81. The number of hydrogen-bond donors (Lipinski definition) is 2. The molecule has 2 aromatic rings. The van der Waals surface area contributed by atoms with Crippen LogP contribution in [0.2, 0.25) is 0 Å². The average Bonchev–Trinajstić information content (AvgIpc) is 2.43. The minimum atomic E-state index is -3.60. The highest BCUT2D eigenvalue weighted by Crippen LogP contribution is 2.24. The molecule has 0 radical (unpaired) electrons. The van der Waals surface area contributed by atoms with Crippen LogP contribution in [0.3, 0.4) is 0 Å². The Morgan fingerprint density at radius 2 is 1.76 bits per heavy atom. The molecule has 0 aliphatic carbocycles. The van der Waals surface area contributed by atoms with Gasteiger partial charge in [0.15, 0.2) is 0 Å². The van der Waals surface area contributed by atoms with Crippen LogP contribution >= 0.6 is 0 Å². The van der Waals surface area contributed by atoms with Crippen molar-refractivity contribution in [2.24, 2.45) is 5.73 Å². The summed E-state index contributed by atoms with van der Waals surface area (Å²) in [6.45, 7) is 6.02. The Kier molecular flexibility index (Phi) is 4.34. The van der Waals surface area contributed by atoms with Crippen molar-refractivity contribution >= 4 is 15.7 Å². The smallest absolute Gasteiger partial charge is 0.262 e. The van der Waals surface area contributed by atoms with E-state index >= 15 is 0 Å². The second-order valence-electron chi connectivity index (χ2n) is 5.16. The average molecular weight is 304 g/mol. The van der Waals surface area contributed by atoms with Gasteiger partial charge in [-0.25, -0.2) is 8.42 Å². The Morgan fingerprint density at radius 1 is 1.05 bits per heavy atom. The van der Waals surface area contributed by atoms with Gasteiger partial charge >= 0.3 is 0 Å². The first kappa shape index (κ1) is 15.5. The Morgan fingerprint density at radius 3 is 2.38 bits per heavy atom. The zero-order valence-electron chi connectivity index (χ0n) is 12.5. The van der Waals surface area contributed by atoms with Gasteiger partial charge in [-0.15, -0.1) is 0 Å². The van der Waals surface area contributed by atoms with Crippen LogP contribution in [0.15, 0.2) is 41.3 Å². The van der Waals surface area contributed by atoms with Gasteiger partial charge in [-0.05, 0) is 55.2 Å². The third kappa shape index (κ3) is 3.25. The zero-order chi connectivity index (χ0) is 15.6. The third-order valence-corrected chi connectivity index (χ3v) is 5.14. The predicted octanol–water partition coefficient (Wildman–Crippen LogP) is 2.87. The lowest BCUT2D eigenvalue weighted by atomic mass is 10.1. The number of nitrogens with two attached hydrogens (primary N) is 1. The molecule has 0 heterocycles. The molecule has 0 aliphatic rings. The van der Waals surface area contributed by atoms with E-state index in [1.165, 1.54) is 0 Å². The molecule has 0 atom stereocenters. The molecule has 0 spiro atoms. The largest absolute Gasteiger partial charge is 0.326 e. The molecule has 2 aromatic carbocycles. The van der Waals surface area contributed by atoms with Crippen molar-refractivity contribution in [1.82, 2.24) is 0 Å². The quantitative estimate of drug-likeness (QED) is 0.912. The topological polar surface area (TPSA) is 72.2 Å². The number of aryl methyl sites for hydroxylation is 2. The van der Waals surface area contributed by atoms with Crippen LogP contribution in [0.25, 0.3) is 0 Å². The zero-order valence-corrected chi connectivity index (χ0v) is 13.3. The number of sulfonamides is 1. The monoisotopic (exact) mass is 304 g/mol. The lowest BCUT2D eigenvalue weighted by Crippen LogP contribution is -2.15. The van der Waals surface area contributed by atoms with Crippen LogP contribution < -0.4 is 10.5 Å². The standard InChI is InChI=1S/C16H20N2O2S/c1-11-5-4-6-15(13(11)3)18-21(19,20)16-8-7-14(10-17)9-12(16)2/h4-9,18H,10,17H2,1-3H3. The summed E-state index contributed by atoms with van der Waals surface area (Å²) >= 11 is 0. The van der Waals surface area contributed by atoms with E-state index in [1.807, 2.05) is 26.0 Å². The Bertz CT molecular complexity index is 768. The van der Waals surface area contributed by atoms with Crippen molar-refractivity contribution in [2.75, 3.05) is 4.72 Å². The highest BCUT2D eigenvalue weighted by atomic mass is 32.2. The molecule has 21 heavy (non-hydrogen) atoms. The van der Waals surface area contributed by atoms with E-state index in [-0.39, 0.29) is 4.90 Å². The van der Waals surface area contributed by atoms with Gasteiger partial charge in [0.2, 0.25) is 0 Å². The van der Waals surface area contributed by atoms with E-state index in [0.717, 1.165) is 16.7 Å². The van der Waals surface area contributed by atoms with Gasteiger partial charge in [0.25, 0.3) is 10.0 Å². The van der Waals surface area contributed by atoms with E-state index < -0.39 is 10.0 Å². The molecule has 4 nitrogen and oxygen atoms in total. The van der Waals surface area contributed by atoms with Crippen molar-refractivity contribution in [3.8, 4) is 0 Å². The molecular weight excluding hydrogens is 284 g/mol. The van der Waals surface area contributed by atoms with Crippen molar-refractivity contribution in [3.63, 3.8) is 0 Å². The number of hydrogen-bond acceptors (Lipinski definition) is 3. The van der Waals surface area contributed by atoms with Gasteiger partial charge in [-0.1, -0.05) is 24.3 Å². The summed E-state index contributed by atoms with van der Waals surface area (Å²) in [6.07, 6.45) is 0. The molecule has 0 unspecified atom stereocenters. The summed E-state index contributed by atoms with van der Waals surface area (Å²) in [5, 5.41) is 0. The molecule has 0 bridgehead atoms. The van der Waals surface area contributed by atoms with Crippen LogP contribution in [0.5, 0.6) is 0 Å². The lowest BCUT2D eigenvalue weighted by Gasteiger charge is -2.14. The predicted molar refractivity (Wildman–Crippen MR) is 85.8 cm³/mol. The molecule has 0 amide bonds. The number of anilines is 1. The summed E-state index contributed by atoms with van der Waals surface area (Å²) < 4.78 is 27.7. The summed E-state index contributed by atoms with van der Waals surface area (Å²) in [5.74, 6) is 0. The first-order chi connectivity index (χ1) is 9.85. The summed E-state index contributed by atoms with van der Waals surface area (Å²) in [6, 6.07) is 10.7. The number of benzene rings is 2. The normalized spacial score (nSPS) is 11.4. The van der Waals surface area contributed by atoms with E-state index in [0.29, 0.717) is 17.8 Å². The van der Waals surface area contributed by atoms with E-state index in [1.54, 1.807) is 31.2 Å². The van der Waals surface area contributed by atoms with Crippen molar-refractivity contribution in [2.45, 2.75) is 32.2 Å². The number of nitrogens with one attached hydrogen (secondary N) is 1. The second kappa shape index (κ2) is 5.87. The highest BCUT2D eigenvalue weighted by molar-refractivity contribution is 7.92. The maximum absolute atomic E-state index is 12.5. The van der Waals surface area contributed by atoms with Crippen LogP contribution in [-0.4, -0.2) is 8.42 Å². The van der Waals surface area contributed by atoms with Crippen LogP contribution in [-0.2, 0) is 16.6 Å². The molecule has 2 rings (SSSR count). The van der Waals surface area contributed by atoms with Gasteiger partial charge in [0, 0.05) is 6.54 Å². The molecule has 0 saturated carbocycles. The molecular formula is C16H20N2O2S. The minimum Gasteiger partial charge on any atom is -0.326 e. The third-order valence-electron chi connectivity index (χ3n) is 3.61. The van der Waals surface area contributed by atoms with Crippen LogP contribution in [0.4, 0.5) is 5.69 Å². The summed E-state index contributed by atoms with van der Waals surface area (Å²) in [4.78, 5) is 0.278. The fraction of sp³-hybridized carbons (Fsp3) is 0.250. The molecule has 112 valence electrons. The maximum atomic E-state index is 12.5. The van der Waals surface area contributed by atoms with Crippen LogP contribution in [0.1, 0.15) is 22.3 Å². The summed E-state index contributed by atoms with van der Waals surface area (Å²) in [5.41, 5.74) is 9.76. The van der Waals surface area contributed by atoms with Crippen molar-refractivity contribution in [3.05, 3.63) is 58.7 Å². The fourth-order valence-corrected chi connectivity index (χ4v) is 3.55. The van der Waals surface area contributed by atoms with Crippen LogP contribution in [0, 0.1) is 20.8 Å². The van der Waals surface area contributed by atoms with Gasteiger partial charge in [-0.2, -0.15) is 0 Å². The molecule has 0 aliphatic heterocycles. The Labute approximate surface area is 126 Å². The molecule has 0 saturated heterocycles. The molecule has 5 heteroatoms. The Hall–Kier alpha value is -1.85. The van der Waals surface area contributed by atoms with Gasteiger partial charge in [-0.3, -0.25) is 4.72 Å². The maximum Gasteiger partial charge on any atom is 0.262 e. The first-order valence-electron chi connectivity index (χ1n) is 6.74. The van der Waals surface area contributed by atoms with E-state index in [9.17, 15) is 8.42 Å². The van der Waals surface area contributed by atoms with Gasteiger partial charge in [0.05, 0.1) is 10.6 Å². The van der Waals surface area contributed by atoms with E-state index in [2.05, 4.69) is 4.72 Å². The lowest BCUT2D eigenvalue weighted by molar-refractivity contribution is 0.600. The SMILES string of the molecule is Cc1cc(CN)ccc1S(=O)(=O)Nc1cccc(C)c1C. The van der Waals surface area contributed by atoms with Gasteiger partial charge < -0.3 is 5.73 Å². The van der Waals surface area contributed by atoms with E-state index in [4.69, 9.17) is 5.73 Å². The van der Waals surface area contributed by atoms with Crippen molar-refractivity contribution in [1.29, 1.82) is 0 Å². The summed E-state index contributed by atoms with van der Waals surface area (Å²) in [7, 11) is -3.60. The molecule has 0 fully saturated rings. The highest BCUT2D eigenvalue weighted by Gasteiger charge is 2.18. The van der Waals surface area contributed by atoms with Crippen molar-refractivity contribution < 1.29 is 8.42 Å². The molecule has 0 aromatic heterocycles. The molecule has 3 N–H and O–H groups in total.